The fourth-order valence-electron chi connectivity index (χ4n) is 10.1. The Labute approximate surface area is 619 Å². The predicted molar refractivity (Wildman–Crippen MR) is 410 cm³/mol. The Bertz CT molecular complexity index is 4600. The molecule has 0 atom stereocenters. The quantitative estimate of drug-likeness (QED) is 0.126. The van der Waals surface area contributed by atoms with Crippen LogP contribution in [0.1, 0.15) is 121 Å². The molecule has 0 spiro atoms. The molecule has 0 fully saturated rings. The molecule has 2 amide bonds. The summed E-state index contributed by atoms with van der Waals surface area (Å²) in [5, 5.41) is 5.52. The molecule has 0 aromatic carbocycles. The first-order chi connectivity index (χ1) is 44.3. The second kappa shape index (κ2) is 35.5. The van der Waals surface area contributed by atoms with Crippen molar-refractivity contribution in [1.29, 1.82) is 0 Å². The van der Waals surface area contributed by atoms with E-state index in [9.17, 15) is 9.59 Å². The second-order valence-corrected chi connectivity index (χ2v) is 43.1. The van der Waals surface area contributed by atoms with E-state index in [4.69, 9.17) is 23.7 Å². The van der Waals surface area contributed by atoms with Crippen molar-refractivity contribution in [1.82, 2.24) is 49.8 Å². The van der Waals surface area contributed by atoms with Crippen LogP contribution in [-0.4, -0.2) is 199 Å². The largest absolute Gasteiger partial charge is 0.197 e. The SMILES string of the molecule is CC(=O)Nc1c(C)[se]c(C)c1NC(C)=O.COC1=C(OC)c2nc3c(C)[se]c(C)c3nc21.COc1nc2c(C)[se]c(C)c2nc1C.COc1nc2c(C)[se]c(C)c2nc1OC.Cc1[se]c(C)c(C)c1C.Cc1nc2c(C)[se]c(C)c2[nH]1.Cc1nc2c(C)[se]c(C)c2nc1C.S.S. The number of ether oxygens (including phenoxy) is 5. The van der Waals surface area contributed by atoms with Crippen LogP contribution in [0.15, 0.2) is 0 Å². The summed E-state index contributed by atoms with van der Waals surface area (Å²) in [4.78, 5) is 66.0. The van der Waals surface area contributed by atoms with Crippen molar-refractivity contribution >= 4 is 218 Å². The van der Waals surface area contributed by atoms with E-state index in [1.165, 1.54) is 80.4 Å². The first kappa shape index (κ1) is 81.9. The zero-order valence-corrected chi connectivity index (χ0v) is 73.7. The molecule has 12 aromatic rings. The number of carbonyl (C=O) groups is 2. The van der Waals surface area contributed by atoms with Crippen molar-refractivity contribution in [2.45, 2.75) is 152 Å². The number of anilines is 2. The van der Waals surface area contributed by atoms with E-state index in [1.807, 2.05) is 41.5 Å². The summed E-state index contributed by atoms with van der Waals surface area (Å²) in [6.07, 6.45) is 0. The molecule has 0 radical (unpaired) electrons. The molecule has 13 rings (SSSR count). The maximum absolute atomic E-state index is 11.0. The standard InChI is InChI=1S/C12H12N2O2Se.C10H12N2O2Se.C10H14N2O2Se.C10H12N2OSe.C10H12N2Se.C8H10N2Se.C8H12Se.2H2S/c1-5-7-8(6(2)17-5)14-10-9(13-7)11(15-3)12(10)16-4;1-5-7-8(6(2)15-5)12-10(14-4)9(11-7)13-3;1-5-9(11-7(3)13)10(6(2)15-5)12-8(4)14;1-5-10(13-4)12-9-7(3)14-6(2)8(9)11-5;1-5-6(2)12-10-8(4)13-7(3)9(10)11-5;1-4-7-8(5(2)11-4)10-6(3)9-7;1-5-6(2)8(4)9-7(5)3;;/h1-4H3;1-4H3;1-4H3,(H,11,13)(H,12,14);1-4H3;1-4H3;1-3H3,(H,9,10);1-4H3;2*1H2. The number of carbonyl (C=O) groups excluding carboxylic acids is 2. The van der Waals surface area contributed by atoms with E-state index in [1.54, 1.807) is 44.4 Å². The number of methoxy groups -OCH3 is 5. The minimum atomic E-state index is -0.113. The van der Waals surface area contributed by atoms with Gasteiger partial charge < -0.3 is 0 Å². The average molecular weight is 1800 g/mol. The van der Waals surface area contributed by atoms with Crippen LogP contribution in [0.5, 0.6) is 17.6 Å². The van der Waals surface area contributed by atoms with E-state index in [2.05, 4.69) is 157 Å². The van der Waals surface area contributed by atoms with Crippen LogP contribution in [0.2, 0.25) is 0 Å². The van der Waals surface area contributed by atoms with Crippen molar-refractivity contribution in [2.75, 3.05) is 46.2 Å². The molecule has 0 unspecified atom stereocenters. The average Bonchev–Trinajstić information content (AvgIpc) is 1.09. The number of imidazole rings is 1. The van der Waals surface area contributed by atoms with E-state index in [0.29, 0.717) is 116 Å². The normalized spacial score (nSPS) is 10.9. The van der Waals surface area contributed by atoms with Gasteiger partial charge in [-0.1, -0.05) is 0 Å². The number of amides is 2. The molecule has 28 heteroatoms. The first-order valence-corrected chi connectivity index (χ1v) is 41.8. The molecule has 1 aliphatic carbocycles. The Balaban J connectivity index is 0.000000203. The van der Waals surface area contributed by atoms with Gasteiger partial charge in [-0.15, -0.1) is 0 Å². The zero-order valence-electron chi connectivity index (χ0n) is 59.7. The number of nitrogens with zero attached hydrogens (tertiary/aromatic N) is 9. The molecule has 0 saturated carbocycles. The molecule has 0 saturated heterocycles. The van der Waals surface area contributed by atoms with Gasteiger partial charge in [0.2, 0.25) is 0 Å². The first-order valence-electron chi connectivity index (χ1n) is 29.9. The van der Waals surface area contributed by atoms with Crippen molar-refractivity contribution in [3.05, 3.63) is 108 Å². The molecule has 19 nitrogen and oxygen atoms in total. The Morgan fingerprint density at radius 3 is 0.875 bits per heavy atom. The smallest absolute Gasteiger partial charge is 0.197 e. The van der Waals surface area contributed by atoms with Gasteiger partial charge in [-0.3, -0.25) is 0 Å². The summed E-state index contributed by atoms with van der Waals surface area (Å²) >= 11 is 3.16. The van der Waals surface area contributed by atoms with Crippen molar-refractivity contribution in [3.8, 4) is 17.6 Å². The summed E-state index contributed by atoms with van der Waals surface area (Å²) in [6, 6.07) is 0. The van der Waals surface area contributed by atoms with E-state index < -0.39 is 0 Å². The minimum absolute atomic E-state index is 0. The van der Waals surface area contributed by atoms with E-state index >= 15 is 0 Å². The van der Waals surface area contributed by atoms with E-state index in [-0.39, 0.29) is 53.3 Å². The topological polar surface area (TPSA) is 236 Å². The van der Waals surface area contributed by atoms with Crippen LogP contribution in [0.3, 0.4) is 0 Å². The fraction of sp³-hybridized carbons (Fsp3) is 0.397. The maximum Gasteiger partial charge on any atom is -0.197 e. The van der Waals surface area contributed by atoms with Crippen LogP contribution in [0, 0.1) is 138 Å². The third-order valence-electron chi connectivity index (χ3n) is 15.2. The third-order valence-corrected chi connectivity index (χ3v) is 30.4. The van der Waals surface area contributed by atoms with Crippen LogP contribution >= 0.6 is 27.0 Å². The second-order valence-electron chi connectivity index (χ2n) is 22.1. The molecule has 3 N–H and O–H groups in total. The van der Waals surface area contributed by atoms with Gasteiger partial charge >= 0.3 is 598 Å². The Morgan fingerprint density at radius 1 is 0.312 bits per heavy atom. The fourth-order valence-corrected chi connectivity index (χ4v) is 24.2. The van der Waals surface area contributed by atoms with Gasteiger partial charge in [0.1, 0.15) is 0 Å². The number of fused-ring (bicyclic) bond motifs is 6. The molecule has 96 heavy (non-hydrogen) atoms. The molecule has 12 heterocycles. The summed E-state index contributed by atoms with van der Waals surface area (Å²) < 4.78 is 45.2. The third kappa shape index (κ3) is 18.6. The molecular weight excluding hydrogens is 1710 g/mol. The van der Waals surface area contributed by atoms with Gasteiger partial charge in [-0.05, 0) is 0 Å². The summed E-state index contributed by atoms with van der Waals surface area (Å²) in [6.45, 7) is 45.2. The Morgan fingerprint density at radius 2 is 0.583 bits per heavy atom. The van der Waals surface area contributed by atoms with Gasteiger partial charge in [0, 0.05) is 0 Å². The Hall–Kier alpha value is -4.79. The molecule has 0 aliphatic heterocycles. The summed E-state index contributed by atoms with van der Waals surface area (Å²) in [7, 11) is 8.04. The van der Waals surface area contributed by atoms with Crippen molar-refractivity contribution < 1.29 is 33.3 Å². The minimum Gasteiger partial charge on any atom is -0.197 e. The number of aryl methyl sites for hydroxylation is 18. The maximum atomic E-state index is 11.0. The number of nitrogens with one attached hydrogen (secondary N) is 3. The summed E-state index contributed by atoms with van der Waals surface area (Å²) in [5.41, 5.74) is 20.1. The van der Waals surface area contributed by atoms with Crippen LogP contribution < -0.4 is 24.8 Å². The summed E-state index contributed by atoms with van der Waals surface area (Å²) in [5.74, 6) is 3.79. The molecule has 516 valence electrons. The predicted octanol–water partition coefficient (Wildman–Crippen LogP) is 11.6. The monoisotopic (exact) mass is 1810 g/mol. The van der Waals surface area contributed by atoms with Crippen LogP contribution in [0.4, 0.5) is 11.4 Å². The number of rotatable bonds is 7. The van der Waals surface area contributed by atoms with Crippen LogP contribution in [0.25, 0.3) is 66.7 Å². The van der Waals surface area contributed by atoms with E-state index in [0.717, 1.165) is 98.7 Å². The van der Waals surface area contributed by atoms with Gasteiger partial charge in [-0.25, -0.2) is 0 Å². The Kier molecular flexibility index (Phi) is 30.3. The van der Waals surface area contributed by atoms with Crippen molar-refractivity contribution in [2.24, 2.45) is 0 Å². The van der Waals surface area contributed by atoms with Gasteiger partial charge in [0.25, 0.3) is 0 Å². The molecule has 12 aromatic heterocycles. The van der Waals surface area contributed by atoms with Gasteiger partial charge in [-0.2, -0.15) is 27.0 Å². The van der Waals surface area contributed by atoms with Crippen LogP contribution in [-0.2, 0) is 19.1 Å². The van der Waals surface area contributed by atoms with Gasteiger partial charge in [0.05, 0.1) is 0 Å². The van der Waals surface area contributed by atoms with Gasteiger partial charge in [0.15, 0.2) is 0 Å². The number of aromatic nitrogens is 10. The zero-order chi connectivity index (χ0) is 69.6. The number of hydrogen-bond donors (Lipinski definition) is 3. The number of hydrogen-bond acceptors (Lipinski definition) is 16. The number of aromatic amines is 1. The van der Waals surface area contributed by atoms with Crippen molar-refractivity contribution in [3.63, 3.8) is 0 Å². The molecule has 1 aliphatic rings. The molecular formula is C68H88N12O7S2Se7. The molecule has 0 bridgehead atoms. The number of H-pyrrole nitrogens is 1.